The average Bonchev–Trinajstić information content (AvgIpc) is 2.72. The molecule has 6 heteroatoms. The minimum Gasteiger partial charge on any atom is -0.366 e. The van der Waals surface area contributed by atoms with Crippen LogP contribution in [0, 0.1) is 6.92 Å². The number of amides is 4. The van der Waals surface area contributed by atoms with Crippen LogP contribution in [0.1, 0.15) is 56.7 Å². The monoisotopic (exact) mass is 431 g/mol. The van der Waals surface area contributed by atoms with E-state index in [0.717, 1.165) is 29.0 Å². The molecule has 4 rings (SSSR count). The first-order chi connectivity index (χ1) is 15.1. The lowest BCUT2D eigenvalue weighted by atomic mass is 9.79. The van der Waals surface area contributed by atoms with Crippen LogP contribution in [0.15, 0.2) is 48.0 Å². The predicted octanol–water partition coefficient (Wildman–Crippen LogP) is 4.77. The molecule has 2 aliphatic heterocycles. The summed E-state index contributed by atoms with van der Waals surface area (Å²) in [6.07, 6.45) is 2.63. The summed E-state index contributed by atoms with van der Waals surface area (Å²) < 4.78 is 0. The SMILES string of the molecule is CCN1c2cc(C)c(/C=C3/C(=O)NC(=O)N(c4ccccc4)C3=O)cc2C(C)CC1(C)C. The van der Waals surface area contributed by atoms with E-state index in [4.69, 9.17) is 0 Å². The van der Waals surface area contributed by atoms with E-state index >= 15 is 0 Å². The molecule has 0 saturated carbocycles. The Morgan fingerprint density at radius 1 is 1.12 bits per heavy atom. The van der Waals surface area contributed by atoms with E-state index in [2.05, 4.69) is 50.0 Å². The molecule has 0 spiro atoms. The number of fused-ring (bicyclic) bond motifs is 1. The quantitative estimate of drug-likeness (QED) is 0.561. The number of hydrogen-bond acceptors (Lipinski definition) is 4. The number of aryl methyl sites for hydroxylation is 1. The van der Waals surface area contributed by atoms with Gasteiger partial charge in [0.15, 0.2) is 0 Å². The molecule has 0 aliphatic carbocycles. The fourth-order valence-corrected chi connectivity index (χ4v) is 5.03. The van der Waals surface area contributed by atoms with Gasteiger partial charge in [-0.3, -0.25) is 14.9 Å². The molecule has 0 bridgehead atoms. The number of anilines is 2. The Labute approximate surface area is 188 Å². The first-order valence-electron chi connectivity index (χ1n) is 11.0. The first-order valence-corrected chi connectivity index (χ1v) is 11.0. The molecule has 2 aliphatic rings. The molecule has 2 aromatic carbocycles. The van der Waals surface area contributed by atoms with Crippen LogP contribution in [0.2, 0.25) is 0 Å². The normalized spacial score (nSPS) is 21.6. The Hall–Kier alpha value is -3.41. The second-order valence-electron chi connectivity index (χ2n) is 9.22. The van der Waals surface area contributed by atoms with Gasteiger partial charge in [-0.15, -0.1) is 0 Å². The fourth-order valence-electron chi connectivity index (χ4n) is 5.03. The number of benzene rings is 2. The maximum atomic E-state index is 13.2. The van der Waals surface area contributed by atoms with E-state index < -0.39 is 17.8 Å². The summed E-state index contributed by atoms with van der Waals surface area (Å²) in [6.45, 7) is 11.8. The molecule has 2 aromatic rings. The zero-order valence-corrected chi connectivity index (χ0v) is 19.2. The molecule has 1 fully saturated rings. The molecule has 32 heavy (non-hydrogen) atoms. The maximum Gasteiger partial charge on any atom is 0.335 e. The van der Waals surface area contributed by atoms with Gasteiger partial charge in [0.25, 0.3) is 11.8 Å². The molecule has 2 heterocycles. The van der Waals surface area contributed by atoms with E-state index in [9.17, 15) is 14.4 Å². The maximum absolute atomic E-state index is 13.2. The summed E-state index contributed by atoms with van der Waals surface area (Å²) in [5, 5.41) is 2.30. The van der Waals surface area contributed by atoms with Crippen molar-refractivity contribution in [3.63, 3.8) is 0 Å². The minimum absolute atomic E-state index is 0.0485. The van der Waals surface area contributed by atoms with Crippen LogP contribution in [-0.4, -0.2) is 29.9 Å². The number of hydrogen-bond donors (Lipinski definition) is 1. The standard InChI is InChI=1S/C26H29N3O3/c1-6-28-22-12-16(2)18(13-20(22)17(3)15-26(28,4)5)14-21-23(30)27-25(32)29(24(21)31)19-10-8-7-9-11-19/h7-14,17H,6,15H2,1-5H3,(H,27,30,32)/b21-14-. The topological polar surface area (TPSA) is 69.7 Å². The van der Waals surface area contributed by atoms with E-state index in [-0.39, 0.29) is 11.1 Å². The number of carbonyl (C=O) groups excluding carboxylic acids is 3. The number of nitrogens with one attached hydrogen (secondary N) is 1. The number of imide groups is 2. The third-order valence-electron chi connectivity index (χ3n) is 6.51. The average molecular weight is 432 g/mol. The van der Waals surface area contributed by atoms with Crippen LogP contribution in [0.3, 0.4) is 0 Å². The molecule has 0 radical (unpaired) electrons. The molecular weight excluding hydrogens is 402 g/mol. The molecule has 1 saturated heterocycles. The lowest BCUT2D eigenvalue weighted by Crippen LogP contribution is -2.54. The van der Waals surface area contributed by atoms with Crippen molar-refractivity contribution in [1.29, 1.82) is 0 Å². The second kappa shape index (κ2) is 7.93. The van der Waals surface area contributed by atoms with Gasteiger partial charge < -0.3 is 4.90 Å². The van der Waals surface area contributed by atoms with Crippen molar-refractivity contribution in [3.8, 4) is 0 Å². The zero-order chi connectivity index (χ0) is 23.2. The molecule has 1 atom stereocenters. The van der Waals surface area contributed by atoms with Crippen molar-refractivity contribution in [1.82, 2.24) is 5.32 Å². The highest BCUT2D eigenvalue weighted by molar-refractivity contribution is 6.39. The van der Waals surface area contributed by atoms with E-state index in [0.29, 0.717) is 11.6 Å². The van der Waals surface area contributed by atoms with Crippen LogP contribution < -0.4 is 15.1 Å². The van der Waals surface area contributed by atoms with E-state index in [1.165, 1.54) is 11.3 Å². The van der Waals surface area contributed by atoms with Gasteiger partial charge in [0.05, 0.1) is 5.69 Å². The number of urea groups is 1. The van der Waals surface area contributed by atoms with Crippen LogP contribution in [0.5, 0.6) is 0 Å². The van der Waals surface area contributed by atoms with Gasteiger partial charge in [0.1, 0.15) is 5.57 Å². The minimum atomic E-state index is -0.736. The largest absolute Gasteiger partial charge is 0.366 e. The first kappa shape index (κ1) is 21.8. The number of carbonyl (C=O) groups is 3. The van der Waals surface area contributed by atoms with Crippen LogP contribution >= 0.6 is 0 Å². The fraction of sp³-hybridized carbons (Fsp3) is 0.346. The summed E-state index contributed by atoms with van der Waals surface area (Å²) in [5.74, 6) is -0.945. The smallest absolute Gasteiger partial charge is 0.335 e. The van der Waals surface area contributed by atoms with Gasteiger partial charge in [0.2, 0.25) is 0 Å². The van der Waals surface area contributed by atoms with Gasteiger partial charge in [0, 0.05) is 17.8 Å². The van der Waals surface area contributed by atoms with Gasteiger partial charge in [-0.25, -0.2) is 9.69 Å². The third kappa shape index (κ3) is 3.60. The number of para-hydroxylation sites is 1. The Morgan fingerprint density at radius 2 is 1.81 bits per heavy atom. The van der Waals surface area contributed by atoms with Crippen LogP contribution in [-0.2, 0) is 9.59 Å². The van der Waals surface area contributed by atoms with Gasteiger partial charge in [-0.1, -0.05) is 25.1 Å². The van der Waals surface area contributed by atoms with Crippen molar-refractivity contribution in [3.05, 3.63) is 64.7 Å². The van der Waals surface area contributed by atoms with Gasteiger partial charge >= 0.3 is 6.03 Å². The number of barbiturate groups is 1. The highest BCUT2D eigenvalue weighted by Gasteiger charge is 2.38. The highest BCUT2D eigenvalue weighted by Crippen LogP contribution is 2.44. The van der Waals surface area contributed by atoms with E-state index in [1.807, 2.05) is 6.92 Å². The van der Waals surface area contributed by atoms with Crippen LogP contribution in [0.25, 0.3) is 6.08 Å². The lowest BCUT2D eigenvalue weighted by Gasteiger charge is -2.47. The molecule has 0 aromatic heterocycles. The van der Waals surface area contributed by atoms with Crippen molar-refractivity contribution in [2.75, 3.05) is 16.3 Å². The Bertz CT molecular complexity index is 1130. The molecule has 166 valence electrons. The van der Waals surface area contributed by atoms with Crippen LogP contribution in [0.4, 0.5) is 16.2 Å². The van der Waals surface area contributed by atoms with Crippen molar-refractivity contribution in [2.45, 2.75) is 52.5 Å². The van der Waals surface area contributed by atoms with Gasteiger partial charge in [-0.05, 0) is 87.1 Å². The summed E-state index contributed by atoms with van der Waals surface area (Å²) >= 11 is 0. The molecular formula is C26H29N3O3. The summed E-state index contributed by atoms with van der Waals surface area (Å²) in [4.78, 5) is 41.6. The summed E-state index contributed by atoms with van der Waals surface area (Å²) in [5.41, 5.74) is 4.64. The Morgan fingerprint density at radius 3 is 2.47 bits per heavy atom. The molecule has 1 unspecified atom stereocenters. The van der Waals surface area contributed by atoms with Gasteiger partial charge in [-0.2, -0.15) is 0 Å². The number of rotatable bonds is 3. The summed E-state index contributed by atoms with van der Waals surface area (Å²) in [7, 11) is 0. The van der Waals surface area contributed by atoms with Crippen molar-refractivity contribution in [2.24, 2.45) is 0 Å². The third-order valence-corrected chi connectivity index (χ3v) is 6.51. The Kier molecular flexibility index (Phi) is 5.41. The molecule has 1 N–H and O–H groups in total. The van der Waals surface area contributed by atoms with Crippen molar-refractivity contribution < 1.29 is 14.4 Å². The summed E-state index contributed by atoms with van der Waals surface area (Å²) in [6, 6.07) is 12.1. The van der Waals surface area contributed by atoms with Crippen molar-refractivity contribution >= 4 is 35.3 Å². The molecule has 4 amide bonds. The lowest BCUT2D eigenvalue weighted by molar-refractivity contribution is -0.122. The predicted molar refractivity (Wildman–Crippen MR) is 127 cm³/mol. The molecule has 6 nitrogen and oxygen atoms in total. The highest BCUT2D eigenvalue weighted by atomic mass is 16.2. The number of nitrogens with zero attached hydrogens (tertiary/aromatic N) is 2. The second-order valence-corrected chi connectivity index (χ2v) is 9.22. The Balaban J connectivity index is 1.78. The zero-order valence-electron chi connectivity index (χ0n) is 19.2. The van der Waals surface area contributed by atoms with E-state index in [1.54, 1.807) is 36.4 Å².